The van der Waals surface area contributed by atoms with Crippen molar-refractivity contribution in [3.63, 3.8) is 0 Å². The number of fused-ring (bicyclic) bond motifs is 1. The van der Waals surface area contributed by atoms with Gasteiger partial charge in [0.2, 0.25) is 0 Å². The van der Waals surface area contributed by atoms with E-state index in [9.17, 15) is 15.2 Å². The summed E-state index contributed by atoms with van der Waals surface area (Å²) in [5.74, 6) is 0.196. The van der Waals surface area contributed by atoms with Crippen molar-refractivity contribution in [3.8, 4) is 5.75 Å². The smallest absolute Gasteiger partial charge is 0.269 e. The number of benzene rings is 2. The molecule has 0 spiro atoms. The Morgan fingerprint density at radius 2 is 2.11 bits per heavy atom. The first-order chi connectivity index (χ1) is 9.15. The highest BCUT2D eigenvalue weighted by atomic mass is 16.6. The van der Waals surface area contributed by atoms with Crippen LogP contribution in [0.2, 0.25) is 0 Å². The molecule has 0 bridgehead atoms. The van der Waals surface area contributed by atoms with E-state index in [1.165, 1.54) is 12.1 Å². The molecule has 2 aromatic rings. The number of nitrogens with zero attached hydrogens (tertiary/aromatic N) is 1. The van der Waals surface area contributed by atoms with Gasteiger partial charge >= 0.3 is 0 Å². The summed E-state index contributed by atoms with van der Waals surface area (Å²) in [6.07, 6.45) is -0.310. The fourth-order valence-electron chi connectivity index (χ4n) is 2.31. The van der Waals surface area contributed by atoms with Crippen molar-refractivity contribution >= 4 is 5.69 Å². The van der Waals surface area contributed by atoms with Crippen LogP contribution in [-0.4, -0.2) is 10.0 Å². The van der Waals surface area contributed by atoms with Gasteiger partial charge in [-0.15, -0.1) is 0 Å². The van der Waals surface area contributed by atoms with Crippen molar-refractivity contribution in [2.75, 3.05) is 0 Å². The van der Waals surface area contributed by atoms with E-state index in [1.54, 1.807) is 30.3 Å². The maximum absolute atomic E-state index is 10.8. The predicted octanol–water partition coefficient (Wildman–Crippen LogP) is 2.92. The molecule has 0 fully saturated rings. The maximum Gasteiger partial charge on any atom is 0.269 e. The van der Waals surface area contributed by atoms with E-state index in [0.717, 1.165) is 16.7 Å². The fourth-order valence-corrected chi connectivity index (χ4v) is 2.31. The molecule has 19 heavy (non-hydrogen) atoms. The zero-order chi connectivity index (χ0) is 13.4. The van der Waals surface area contributed by atoms with Gasteiger partial charge in [-0.25, -0.2) is 0 Å². The number of hydrogen-bond donors (Lipinski definition) is 1. The zero-order valence-electron chi connectivity index (χ0n) is 9.95. The Morgan fingerprint density at radius 1 is 1.26 bits per heavy atom. The van der Waals surface area contributed by atoms with Crippen LogP contribution in [0.3, 0.4) is 0 Å². The molecule has 1 N–H and O–H groups in total. The fraction of sp³-hybridized carbons (Fsp3) is 0.143. The highest BCUT2D eigenvalue weighted by Crippen LogP contribution is 2.37. The largest absolute Gasteiger partial charge is 0.508 e. The van der Waals surface area contributed by atoms with E-state index in [0.29, 0.717) is 6.61 Å². The van der Waals surface area contributed by atoms with E-state index in [1.807, 2.05) is 0 Å². The number of phenols is 1. The molecule has 2 aromatic carbocycles. The SMILES string of the molecule is O=[N+]([O-])c1cccc(C2OCc3cc(O)ccc32)c1. The number of ether oxygens (including phenoxy) is 1. The first-order valence-electron chi connectivity index (χ1n) is 5.83. The molecule has 0 saturated heterocycles. The normalized spacial score (nSPS) is 17.2. The van der Waals surface area contributed by atoms with Crippen molar-refractivity contribution in [2.24, 2.45) is 0 Å². The van der Waals surface area contributed by atoms with E-state index in [-0.39, 0.29) is 17.5 Å². The number of aromatic hydroxyl groups is 1. The third-order valence-electron chi connectivity index (χ3n) is 3.20. The topological polar surface area (TPSA) is 72.6 Å². The number of hydrogen-bond acceptors (Lipinski definition) is 4. The molecule has 0 aromatic heterocycles. The molecule has 0 aliphatic carbocycles. The lowest BCUT2D eigenvalue weighted by molar-refractivity contribution is -0.385. The second kappa shape index (κ2) is 4.37. The zero-order valence-corrected chi connectivity index (χ0v) is 9.95. The average molecular weight is 257 g/mol. The minimum Gasteiger partial charge on any atom is -0.508 e. The van der Waals surface area contributed by atoms with E-state index < -0.39 is 4.92 Å². The molecular weight excluding hydrogens is 246 g/mol. The van der Waals surface area contributed by atoms with Crippen LogP contribution in [0.5, 0.6) is 5.75 Å². The van der Waals surface area contributed by atoms with E-state index in [4.69, 9.17) is 4.74 Å². The number of non-ortho nitro benzene ring substituents is 1. The molecule has 1 aliphatic heterocycles. The van der Waals surface area contributed by atoms with Crippen LogP contribution in [0.15, 0.2) is 42.5 Å². The summed E-state index contributed by atoms with van der Waals surface area (Å²) in [5, 5.41) is 20.2. The average Bonchev–Trinajstić information content (AvgIpc) is 2.81. The summed E-state index contributed by atoms with van der Waals surface area (Å²) in [6.45, 7) is 0.400. The van der Waals surface area contributed by atoms with Crippen molar-refractivity contribution in [2.45, 2.75) is 12.7 Å². The highest BCUT2D eigenvalue weighted by Gasteiger charge is 2.26. The molecule has 1 aliphatic rings. The third-order valence-corrected chi connectivity index (χ3v) is 3.20. The van der Waals surface area contributed by atoms with Crippen LogP contribution in [-0.2, 0) is 11.3 Å². The van der Waals surface area contributed by atoms with Crippen LogP contribution in [0, 0.1) is 10.1 Å². The molecule has 3 rings (SSSR count). The maximum atomic E-state index is 10.8. The predicted molar refractivity (Wildman–Crippen MR) is 67.8 cm³/mol. The highest BCUT2D eigenvalue weighted by molar-refractivity contribution is 5.45. The molecule has 0 saturated carbocycles. The molecule has 1 heterocycles. The molecule has 5 nitrogen and oxygen atoms in total. The second-order valence-corrected chi connectivity index (χ2v) is 4.43. The lowest BCUT2D eigenvalue weighted by atomic mass is 9.99. The minimum absolute atomic E-state index is 0.0494. The minimum atomic E-state index is -0.420. The first-order valence-corrected chi connectivity index (χ1v) is 5.83. The van der Waals surface area contributed by atoms with Crippen molar-refractivity contribution in [1.29, 1.82) is 0 Å². The van der Waals surface area contributed by atoms with Crippen LogP contribution < -0.4 is 0 Å². The Bertz CT molecular complexity index is 654. The Labute approximate surface area is 109 Å². The van der Waals surface area contributed by atoms with Gasteiger partial charge in [0, 0.05) is 12.1 Å². The van der Waals surface area contributed by atoms with Gasteiger partial charge in [0.25, 0.3) is 5.69 Å². The van der Waals surface area contributed by atoms with Crippen molar-refractivity contribution < 1.29 is 14.8 Å². The summed E-state index contributed by atoms with van der Waals surface area (Å²) in [4.78, 5) is 10.4. The molecule has 1 unspecified atom stereocenters. The molecule has 96 valence electrons. The standard InChI is InChI=1S/C14H11NO4/c16-12-4-5-13-10(7-12)8-19-14(13)9-2-1-3-11(6-9)15(17)18/h1-7,14,16H,8H2. The van der Waals surface area contributed by atoms with Crippen molar-refractivity contribution in [3.05, 3.63) is 69.3 Å². The molecule has 5 heteroatoms. The van der Waals surface area contributed by atoms with Gasteiger partial charge in [-0.05, 0) is 28.8 Å². The first kappa shape index (κ1) is 11.7. The number of phenolic OH excluding ortho intramolecular Hbond substituents is 1. The van der Waals surface area contributed by atoms with Gasteiger partial charge in [0.15, 0.2) is 0 Å². The van der Waals surface area contributed by atoms with Gasteiger partial charge in [-0.2, -0.15) is 0 Å². The third kappa shape index (κ3) is 2.04. The van der Waals surface area contributed by atoms with Crippen LogP contribution in [0.25, 0.3) is 0 Å². The molecule has 0 radical (unpaired) electrons. The summed E-state index contributed by atoms with van der Waals surface area (Å²) in [7, 11) is 0. The lowest BCUT2D eigenvalue weighted by Crippen LogP contribution is -1.99. The van der Waals surface area contributed by atoms with Crippen LogP contribution >= 0.6 is 0 Å². The Hall–Kier alpha value is -2.40. The van der Waals surface area contributed by atoms with Crippen molar-refractivity contribution in [1.82, 2.24) is 0 Å². The van der Waals surface area contributed by atoms with Gasteiger partial charge in [0.05, 0.1) is 11.5 Å². The van der Waals surface area contributed by atoms with Crippen LogP contribution in [0.1, 0.15) is 22.8 Å². The number of rotatable bonds is 2. The van der Waals surface area contributed by atoms with Gasteiger partial charge in [-0.1, -0.05) is 18.2 Å². The molecule has 0 amide bonds. The Kier molecular flexibility index (Phi) is 2.68. The van der Waals surface area contributed by atoms with E-state index >= 15 is 0 Å². The monoisotopic (exact) mass is 257 g/mol. The summed E-state index contributed by atoms with van der Waals surface area (Å²) in [5.41, 5.74) is 2.65. The summed E-state index contributed by atoms with van der Waals surface area (Å²) >= 11 is 0. The molecule has 1 atom stereocenters. The van der Waals surface area contributed by atoms with Crippen LogP contribution in [0.4, 0.5) is 5.69 Å². The van der Waals surface area contributed by atoms with Gasteiger partial charge in [-0.3, -0.25) is 10.1 Å². The quantitative estimate of drug-likeness (QED) is 0.663. The van der Waals surface area contributed by atoms with Gasteiger partial charge in [0.1, 0.15) is 11.9 Å². The summed E-state index contributed by atoms with van der Waals surface area (Å²) < 4.78 is 5.67. The molecular formula is C14H11NO4. The lowest BCUT2D eigenvalue weighted by Gasteiger charge is -2.11. The Morgan fingerprint density at radius 3 is 2.89 bits per heavy atom. The second-order valence-electron chi connectivity index (χ2n) is 4.43. The number of nitro groups is 1. The Balaban J connectivity index is 2.02. The summed E-state index contributed by atoms with van der Waals surface area (Å²) in [6, 6.07) is 11.5. The van der Waals surface area contributed by atoms with E-state index in [2.05, 4.69) is 0 Å². The number of nitro benzene ring substituents is 1. The van der Waals surface area contributed by atoms with Gasteiger partial charge < -0.3 is 9.84 Å².